The van der Waals surface area contributed by atoms with Gasteiger partial charge in [0.1, 0.15) is 0 Å². The molecule has 0 atom stereocenters. The summed E-state index contributed by atoms with van der Waals surface area (Å²) in [7, 11) is 0. The van der Waals surface area contributed by atoms with Gasteiger partial charge in [0.25, 0.3) is 0 Å². The predicted octanol–water partition coefficient (Wildman–Crippen LogP) is 2.66. The van der Waals surface area contributed by atoms with Crippen LogP contribution in [0.5, 0.6) is 0 Å². The van der Waals surface area contributed by atoms with Gasteiger partial charge < -0.3 is 0 Å². The van der Waals surface area contributed by atoms with Crippen LogP contribution >= 0.6 is 11.6 Å². The summed E-state index contributed by atoms with van der Waals surface area (Å²) in [5, 5.41) is 2.96. The molecule has 4 nitrogen and oxygen atoms in total. The standard InChI is InChI=1S/C13H15ClN2O2/c1-3-9-6-10(14)8(2)11(7-9)16-5-4-12(17)15-13(16)18/h6-7H,3-5H2,1-2H3,(H,15,17,18). The summed E-state index contributed by atoms with van der Waals surface area (Å²) in [5.41, 5.74) is 2.72. The minimum Gasteiger partial charge on any atom is -0.293 e. The molecule has 0 unspecified atom stereocenters. The third kappa shape index (κ3) is 2.34. The molecule has 96 valence electrons. The Bertz CT molecular complexity index is 514. The van der Waals surface area contributed by atoms with E-state index in [-0.39, 0.29) is 11.9 Å². The number of hydrogen-bond donors (Lipinski definition) is 1. The summed E-state index contributed by atoms with van der Waals surface area (Å²) < 4.78 is 0. The highest BCUT2D eigenvalue weighted by Crippen LogP contribution is 2.30. The van der Waals surface area contributed by atoms with Crippen LogP contribution in [0, 0.1) is 6.92 Å². The second-order valence-electron chi connectivity index (χ2n) is 4.33. The number of carbonyl (C=O) groups excluding carboxylic acids is 2. The largest absolute Gasteiger partial charge is 0.328 e. The monoisotopic (exact) mass is 266 g/mol. The van der Waals surface area contributed by atoms with Crippen molar-refractivity contribution in [2.45, 2.75) is 26.7 Å². The lowest BCUT2D eigenvalue weighted by molar-refractivity contribution is -0.120. The normalized spacial score (nSPS) is 15.8. The molecule has 1 aromatic carbocycles. The fourth-order valence-electron chi connectivity index (χ4n) is 2.00. The number of halogens is 1. The molecular formula is C13H15ClN2O2. The molecule has 1 aliphatic heterocycles. The van der Waals surface area contributed by atoms with Gasteiger partial charge in [0.15, 0.2) is 0 Å². The van der Waals surface area contributed by atoms with E-state index in [1.807, 2.05) is 26.0 Å². The van der Waals surface area contributed by atoms with E-state index in [0.29, 0.717) is 18.0 Å². The summed E-state index contributed by atoms with van der Waals surface area (Å²) in [6.45, 7) is 4.31. The Morgan fingerprint density at radius 2 is 2.11 bits per heavy atom. The number of rotatable bonds is 2. The molecule has 1 aromatic rings. The van der Waals surface area contributed by atoms with Crippen LogP contribution in [0.25, 0.3) is 0 Å². The Labute approximate surface area is 111 Å². The van der Waals surface area contributed by atoms with Gasteiger partial charge in [-0.2, -0.15) is 0 Å². The number of anilines is 1. The first-order valence-corrected chi connectivity index (χ1v) is 6.31. The minimum atomic E-state index is -0.376. The summed E-state index contributed by atoms with van der Waals surface area (Å²) in [6, 6.07) is 3.49. The molecule has 0 aliphatic carbocycles. The minimum absolute atomic E-state index is 0.230. The highest BCUT2D eigenvalue weighted by Gasteiger charge is 2.26. The van der Waals surface area contributed by atoms with Crippen molar-refractivity contribution < 1.29 is 9.59 Å². The number of imide groups is 1. The topological polar surface area (TPSA) is 49.4 Å². The van der Waals surface area contributed by atoms with Crippen LogP contribution in [-0.2, 0) is 11.2 Å². The van der Waals surface area contributed by atoms with Crippen molar-refractivity contribution in [3.63, 3.8) is 0 Å². The molecule has 0 saturated carbocycles. The van der Waals surface area contributed by atoms with E-state index in [4.69, 9.17) is 11.6 Å². The summed E-state index contributed by atoms with van der Waals surface area (Å²) in [4.78, 5) is 24.5. The number of amides is 3. The molecule has 1 aliphatic rings. The van der Waals surface area contributed by atoms with Gasteiger partial charge in [0.2, 0.25) is 5.91 Å². The van der Waals surface area contributed by atoms with Crippen molar-refractivity contribution in [3.8, 4) is 0 Å². The SMILES string of the molecule is CCc1cc(Cl)c(C)c(N2CCC(=O)NC2=O)c1. The second kappa shape index (κ2) is 4.98. The fraction of sp³-hybridized carbons (Fsp3) is 0.385. The van der Waals surface area contributed by atoms with Crippen molar-refractivity contribution >= 4 is 29.2 Å². The number of urea groups is 1. The van der Waals surface area contributed by atoms with Crippen molar-refractivity contribution in [1.29, 1.82) is 0 Å². The maximum Gasteiger partial charge on any atom is 0.328 e. The Hall–Kier alpha value is -1.55. The first-order valence-electron chi connectivity index (χ1n) is 5.93. The second-order valence-corrected chi connectivity index (χ2v) is 4.74. The Morgan fingerprint density at radius 1 is 1.39 bits per heavy atom. The van der Waals surface area contributed by atoms with E-state index >= 15 is 0 Å². The van der Waals surface area contributed by atoms with E-state index < -0.39 is 0 Å². The Balaban J connectivity index is 2.41. The highest BCUT2D eigenvalue weighted by molar-refractivity contribution is 6.32. The van der Waals surface area contributed by atoms with Crippen molar-refractivity contribution in [1.82, 2.24) is 5.32 Å². The van der Waals surface area contributed by atoms with Crippen molar-refractivity contribution in [2.24, 2.45) is 0 Å². The summed E-state index contributed by atoms with van der Waals surface area (Å²) in [6.07, 6.45) is 1.17. The zero-order valence-electron chi connectivity index (χ0n) is 10.4. The molecule has 1 N–H and O–H groups in total. The number of benzene rings is 1. The zero-order valence-corrected chi connectivity index (χ0v) is 11.2. The smallest absolute Gasteiger partial charge is 0.293 e. The van der Waals surface area contributed by atoms with Crippen molar-refractivity contribution in [3.05, 3.63) is 28.3 Å². The average molecular weight is 267 g/mol. The van der Waals surface area contributed by atoms with Crippen LogP contribution in [0.2, 0.25) is 5.02 Å². The molecule has 1 heterocycles. The molecule has 0 spiro atoms. The highest BCUT2D eigenvalue weighted by atomic mass is 35.5. The number of nitrogens with zero attached hydrogens (tertiary/aromatic N) is 1. The molecule has 0 radical (unpaired) electrons. The fourth-order valence-corrected chi connectivity index (χ4v) is 2.23. The maximum absolute atomic E-state index is 11.8. The molecule has 0 aromatic heterocycles. The molecule has 3 amide bonds. The lowest BCUT2D eigenvalue weighted by Crippen LogP contribution is -2.49. The van der Waals surface area contributed by atoms with Gasteiger partial charge in [0.05, 0.1) is 5.69 Å². The average Bonchev–Trinajstić information content (AvgIpc) is 2.33. The van der Waals surface area contributed by atoms with E-state index in [1.54, 1.807) is 4.90 Å². The van der Waals surface area contributed by atoms with Crippen LogP contribution in [0.3, 0.4) is 0 Å². The van der Waals surface area contributed by atoms with Crippen molar-refractivity contribution in [2.75, 3.05) is 11.4 Å². The molecule has 1 saturated heterocycles. The van der Waals surface area contributed by atoms with E-state index in [1.165, 1.54) is 0 Å². The number of hydrogen-bond acceptors (Lipinski definition) is 2. The summed E-state index contributed by atoms with van der Waals surface area (Å²) in [5.74, 6) is -0.230. The van der Waals surface area contributed by atoms with Gasteiger partial charge >= 0.3 is 6.03 Å². The first-order chi connectivity index (χ1) is 8.52. The quantitative estimate of drug-likeness (QED) is 0.895. The first kappa shape index (κ1) is 12.9. The molecule has 5 heteroatoms. The third-order valence-electron chi connectivity index (χ3n) is 3.13. The third-order valence-corrected chi connectivity index (χ3v) is 3.52. The summed E-state index contributed by atoms with van der Waals surface area (Å²) >= 11 is 6.17. The van der Waals surface area contributed by atoms with Crippen LogP contribution in [-0.4, -0.2) is 18.5 Å². The van der Waals surface area contributed by atoms with Crippen LogP contribution in [0.1, 0.15) is 24.5 Å². The Morgan fingerprint density at radius 3 is 2.72 bits per heavy atom. The van der Waals surface area contributed by atoms with Gasteiger partial charge in [-0.05, 0) is 36.6 Å². The molecule has 2 rings (SSSR count). The lowest BCUT2D eigenvalue weighted by atomic mass is 10.1. The van der Waals surface area contributed by atoms with Crippen LogP contribution < -0.4 is 10.2 Å². The number of aryl methyl sites for hydroxylation is 1. The van der Waals surface area contributed by atoms with Gasteiger partial charge in [-0.3, -0.25) is 15.0 Å². The van der Waals surface area contributed by atoms with Gasteiger partial charge in [-0.1, -0.05) is 18.5 Å². The van der Waals surface area contributed by atoms with Crippen LogP contribution in [0.15, 0.2) is 12.1 Å². The van der Waals surface area contributed by atoms with E-state index in [2.05, 4.69) is 5.32 Å². The van der Waals surface area contributed by atoms with Gasteiger partial charge in [0, 0.05) is 18.0 Å². The Kier molecular flexibility index (Phi) is 3.57. The van der Waals surface area contributed by atoms with Crippen LogP contribution in [0.4, 0.5) is 10.5 Å². The predicted molar refractivity (Wildman–Crippen MR) is 71.1 cm³/mol. The molecule has 18 heavy (non-hydrogen) atoms. The number of nitrogens with one attached hydrogen (secondary N) is 1. The number of carbonyl (C=O) groups is 2. The lowest BCUT2D eigenvalue weighted by Gasteiger charge is -2.28. The van der Waals surface area contributed by atoms with E-state index in [9.17, 15) is 9.59 Å². The van der Waals surface area contributed by atoms with Gasteiger partial charge in [-0.25, -0.2) is 4.79 Å². The van der Waals surface area contributed by atoms with Gasteiger partial charge in [-0.15, -0.1) is 0 Å². The molecule has 0 bridgehead atoms. The zero-order chi connectivity index (χ0) is 13.3. The molecule has 1 fully saturated rings. The molecular weight excluding hydrogens is 252 g/mol. The van der Waals surface area contributed by atoms with E-state index in [0.717, 1.165) is 23.2 Å². The maximum atomic E-state index is 11.8.